The predicted octanol–water partition coefficient (Wildman–Crippen LogP) is 6.01. The number of anilines is 3. The van der Waals surface area contributed by atoms with E-state index in [1.165, 1.54) is 38.2 Å². The summed E-state index contributed by atoms with van der Waals surface area (Å²) in [7, 11) is 1.13. The van der Waals surface area contributed by atoms with Crippen molar-refractivity contribution in [3.63, 3.8) is 0 Å². The molecule has 3 amide bonds. The zero-order valence-electron chi connectivity index (χ0n) is 21.2. The Morgan fingerprint density at radius 3 is 2.40 bits per heavy atom. The Hall–Kier alpha value is -4.75. The maximum absolute atomic E-state index is 14.2. The lowest BCUT2D eigenvalue weighted by Gasteiger charge is -2.28. The smallest absolute Gasteiger partial charge is 0.437 e. The van der Waals surface area contributed by atoms with Gasteiger partial charge in [0.25, 0.3) is 5.91 Å². The summed E-state index contributed by atoms with van der Waals surface area (Å²) >= 11 is 0. The molecule has 2 heterocycles. The molecule has 0 aliphatic carbocycles. The Kier molecular flexibility index (Phi) is 7.37. The Morgan fingerprint density at radius 1 is 1.05 bits per heavy atom. The summed E-state index contributed by atoms with van der Waals surface area (Å²) in [6.45, 7) is 2.56. The monoisotopic (exact) mass is 564 g/mol. The van der Waals surface area contributed by atoms with Crippen molar-refractivity contribution in [1.29, 1.82) is 0 Å². The van der Waals surface area contributed by atoms with Crippen molar-refractivity contribution in [3.8, 4) is 5.88 Å². The normalized spacial score (nSPS) is 14.9. The fourth-order valence-corrected chi connectivity index (χ4v) is 3.97. The highest BCUT2D eigenvalue weighted by Crippen LogP contribution is 2.38. The van der Waals surface area contributed by atoms with Gasteiger partial charge < -0.3 is 19.7 Å². The van der Waals surface area contributed by atoms with Crippen LogP contribution in [0, 0.1) is 11.6 Å². The van der Waals surface area contributed by atoms with Gasteiger partial charge in [-0.15, -0.1) is 0 Å². The van der Waals surface area contributed by atoms with Gasteiger partial charge in [0, 0.05) is 11.8 Å². The van der Waals surface area contributed by atoms with Crippen LogP contribution in [0.3, 0.4) is 0 Å². The summed E-state index contributed by atoms with van der Waals surface area (Å²) in [4.78, 5) is 43.4. The van der Waals surface area contributed by atoms with E-state index >= 15 is 0 Å². The van der Waals surface area contributed by atoms with E-state index in [4.69, 9.17) is 4.74 Å². The van der Waals surface area contributed by atoms with E-state index in [0.29, 0.717) is 28.3 Å². The van der Waals surface area contributed by atoms with Gasteiger partial charge in [0.2, 0.25) is 5.88 Å². The van der Waals surface area contributed by atoms with E-state index in [1.54, 1.807) is 0 Å². The molecule has 40 heavy (non-hydrogen) atoms. The number of pyridine rings is 1. The molecule has 0 saturated carbocycles. The van der Waals surface area contributed by atoms with Crippen LogP contribution in [0.4, 0.5) is 48.6 Å². The standard InChI is InChI=1S/C26H21F5N4O5/c1-25(2)22(36)35(17-7-8-19(28)18(11-17)26(29,30)31)23(37)34(25)13-14-4-5-15(27)10-20(14)33-16-6-9-21(32-12-16)40-24(38)39-3/h4-12,33H,13H2,1-3H3. The lowest BCUT2D eigenvalue weighted by Crippen LogP contribution is -2.43. The topological polar surface area (TPSA) is 101 Å². The van der Waals surface area contributed by atoms with Crippen molar-refractivity contribution in [3.05, 3.63) is 77.5 Å². The van der Waals surface area contributed by atoms with Crippen LogP contribution in [0.2, 0.25) is 0 Å². The molecule has 0 radical (unpaired) electrons. The molecule has 3 aromatic rings. The number of aromatic nitrogens is 1. The van der Waals surface area contributed by atoms with Crippen LogP contribution in [-0.4, -0.2) is 40.6 Å². The fourth-order valence-electron chi connectivity index (χ4n) is 3.97. The number of urea groups is 1. The fraction of sp³-hybridized carbons (Fsp3) is 0.231. The maximum Gasteiger partial charge on any atom is 0.514 e. The number of imide groups is 1. The summed E-state index contributed by atoms with van der Waals surface area (Å²) in [6.07, 6.45) is -4.73. The van der Waals surface area contributed by atoms with Gasteiger partial charge in [-0.1, -0.05) is 6.07 Å². The molecule has 1 aliphatic rings. The number of carbonyl (C=O) groups is 3. The highest BCUT2D eigenvalue weighted by atomic mass is 19.4. The number of rotatable bonds is 6. The van der Waals surface area contributed by atoms with Crippen LogP contribution in [0.25, 0.3) is 0 Å². The van der Waals surface area contributed by atoms with Crippen LogP contribution >= 0.6 is 0 Å². The molecule has 1 aromatic heterocycles. The van der Waals surface area contributed by atoms with Gasteiger partial charge in [-0.05, 0) is 55.8 Å². The number of amides is 3. The van der Waals surface area contributed by atoms with Crippen molar-refractivity contribution in [2.45, 2.75) is 32.1 Å². The average Bonchev–Trinajstić information content (AvgIpc) is 3.05. The minimum Gasteiger partial charge on any atom is -0.437 e. The van der Waals surface area contributed by atoms with Crippen LogP contribution in [-0.2, 0) is 22.3 Å². The van der Waals surface area contributed by atoms with Crippen molar-refractivity contribution in [2.75, 3.05) is 17.3 Å². The largest absolute Gasteiger partial charge is 0.514 e. The first kappa shape index (κ1) is 28.3. The number of carbonyl (C=O) groups excluding carboxylic acids is 3. The number of alkyl halides is 3. The quantitative estimate of drug-likeness (QED) is 0.222. The lowest BCUT2D eigenvalue weighted by atomic mass is 10.0. The van der Waals surface area contributed by atoms with Gasteiger partial charge in [-0.25, -0.2) is 28.3 Å². The number of nitrogens with zero attached hydrogens (tertiary/aromatic N) is 3. The summed E-state index contributed by atoms with van der Waals surface area (Å²) in [5.41, 5.74) is -2.70. The molecule has 1 N–H and O–H groups in total. The second kappa shape index (κ2) is 10.4. The first-order valence-corrected chi connectivity index (χ1v) is 11.5. The van der Waals surface area contributed by atoms with Crippen molar-refractivity contribution < 1.29 is 45.8 Å². The van der Waals surface area contributed by atoms with Crippen LogP contribution in [0.5, 0.6) is 5.88 Å². The Labute approximate surface area is 224 Å². The maximum atomic E-state index is 14.2. The number of ether oxygens (including phenoxy) is 2. The van der Waals surface area contributed by atoms with E-state index in [0.717, 1.165) is 30.2 Å². The molecule has 0 atom stereocenters. The third-order valence-corrected chi connectivity index (χ3v) is 6.11. The molecule has 0 bridgehead atoms. The summed E-state index contributed by atoms with van der Waals surface area (Å²) in [6, 6.07) is 7.36. The second-order valence-electron chi connectivity index (χ2n) is 9.10. The van der Waals surface area contributed by atoms with Crippen molar-refractivity contribution in [2.24, 2.45) is 0 Å². The molecule has 1 saturated heterocycles. The zero-order chi connectivity index (χ0) is 29.4. The molecular formula is C26H21F5N4O5. The van der Waals surface area contributed by atoms with E-state index in [1.807, 2.05) is 0 Å². The number of halogens is 5. The SMILES string of the molecule is COC(=O)Oc1ccc(Nc2cc(F)ccc2CN2C(=O)N(c3ccc(F)c(C(F)(F)F)c3)C(=O)C2(C)C)cn1. The first-order chi connectivity index (χ1) is 18.7. The van der Waals surface area contributed by atoms with Gasteiger partial charge >= 0.3 is 18.4 Å². The van der Waals surface area contributed by atoms with Gasteiger partial charge in [-0.3, -0.25) is 4.79 Å². The number of nitrogens with one attached hydrogen (secondary N) is 1. The molecule has 4 rings (SSSR count). The molecule has 0 unspecified atom stereocenters. The Balaban J connectivity index is 1.62. The minimum absolute atomic E-state index is 0.0608. The van der Waals surface area contributed by atoms with Crippen LogP contribution in [0.1, 0.15) is 25.0 Å². The first-order valence-electron chi connectivity index (χ1n) is 11.5. The van der Waals surface area contributed by atoms with E-state index in [9.17, 15) is 36.3 Å². The molecule has 2 aromatic carbocycles. The van der Waals surface area contributed by atoms with E-state index in [2.05, 4.69) is 15.0 Å². The highest BCUT2D eigenvalue weighted by Gasteiger charge is 2.52. The van der Waals surface area contributed by atoms with E-state index < -0.39 is 52.7 Å². The Morgan fingerprint density at radius 2 is 1.77 bits per heavy atom. The second-order valence-corrected chi connectivity index (χ2v) is 9.10. The van der Waals surface area contributed by atoms with Crippen LogP contribution in [0.15, 0.2) is 54.7 Å². The third kappa shape index (κ3) is 5.51. The minimum atomic E-state index is -5.05. The molecular weight excluding hydrogens is 543 g/mol. The average molecular weight is 564 g/mol. The molecule has 1 aliphatic heterocycles. The zero-order valence-corrected chi connectivity index (χ0v) is 21.2. The lowest BCUT2D eigenvalue weighted by molar-refractivity contribution is -0.140. The van der Waals surface area contributed by atoms with Crippen molar-refractivity contribution in [1.82, 2.24) is 9.88 Å². The highest BCUT2D eigenvalue weighted by molar-refractivity contribution is 6.23. The Bertz CT molecular complexity index is 1480. The summed E-state index contributed by atoms with van der Waals surface area (Å²) in [5.74, 6) is -3.07. The molecule has 1 fully saturated rings. The summed E-state index contributed by atoms with van der Waals surface area (Å²) in [5, 5.41) is 2.93. The van der Waals surface area contributed by atoms with Crippen molar-refractivity contribution >= 4 is 35.2 Å². The molecule has 9 nitrogen and oxygen atoms in total. The summed E-state index contributed by atoms with van der Waals surface area (Å²) < 4.78 is 77.0. The van der Waals surface area contributed by atoms with Gasteiger partial charge in [0.1, 0.15) is 17.2 Å². The molecule has 210 valence electrons. The van der Waals surface area contributed by atoms with Crippen LogP contribution < -0.4 is 15.0 Å². The number of hydrogen-bond donors (Lipinski definition) is 1. The number of hydrogen-bond acceptors (Lipinski definition) is 7. The van der Waals surface area contributed by atoms with E-state index in [-0.39, 0.29) is 18.1 Å². The van der Waals surface area contributed by atoms with Gasteiger partial charge in [0.15, 0.2) is 0 Å². The van der Waals surface area contributed by atoms with Gasteiger partial charge in [-0.2, -0.15) is 13.2 Å². The number of methoxy groups -OCH3 is 1. The number of benzene rings is 2. The third-order valence-electron chi connectivity index (χ3n) is 6.11. The predicted molar refractivity (Wildman–Crippen MR) is 131 cm³/mol. The molecule has 0 spiro atoms. The molecule has 14 heteroatoms. The van der Waals surface area contributed by atoms with Gasteiger partial charge in [0.05, 0.1) is 36.8 Å².